The second kappa shape index (κ2) is 10.7. The normalized spacial score (nSPS) is 14.6. The number of hydrogen-bond acceptors (Lipinski definition) is 7. The number of nitrogens with one attached hydrogen (secondary N) is 1. The van der Waals surface area contributed by atoms with Crippen molar-refractivity contribution in [1.82, 2.24) is 10.2 Å². The molecule has 1 saturated heterocycles. The number of hydrogen-bond donors (Lipinski definition) is 1. The SMILES string of the molecule is Cc1c(N(CC(=O)NCc2ccc(CN3CCOCC3)cc2)S(C)(=O)=O)cccc1[N+](=O)[O-]. The van der Waals surface area contributed by atoms with Crippen LogP contribution in [-0.2, 0) is 32.6 Å². The summed E-state index contributed by atoms with van der Waals surface area (Å²) in [6.07, 6.45) is 0.964. The zero-order chi connectivity index (χ0) is 24.0. The Bertz CT molecular complexity index is 1100. The Balaban J connectivity index is 1.62. The van der Waals surface area contributed by atoms with Gasteiger partial charge in [-0.05, 0) is 24.1 Å². The number of nitro groups is 1. The minimum Gasteiger partial charge on any atom is -0.379 e. The number of carbonyl (C=O) groups excluding carboxylic acids is 1. The predicted octanol–water partition coefficient (Wildman–Crippen LogP) is 1.82. The van der Waals surface area contributed by atoms with Crippen molar-refractivity contribution in [3.8, 4) is 0 Å². The van der Waals surface area contributed by atoms with Crippen LogP contribution < -0.4 is 9.62 Å². The molecule has 0 saturated carbocycles. The minimum absolute atomic E-state index is 0.106. The molecule has 0 spiro atoms. The third-order valence-corrected chi connectivity index (χ3v) is 6.58. The fourth-order valence-corrected chi connectivity index (χ4v) is 4.53. The number of amides is 1. The lowest BCUT2D eigenvalue weighted by molar-refractivity contribution is -0.385. The summed E-state index contributed by atoms with van der Waals surface area (Å²) in [5.74, 6) is -0.510. The molecule has 0 aromatic heterocycles. The van der Waals surface area contributed by atoms with Crippen LogP contribution in [-0.4, -0.2) is 63.3 Å². The molecular formula is C22H28N4O6S. The molecule has 178 valence electrons. The van der Waals surface area contributed by atoms with Gasteiger partial charge in [0.15, 0.2) is 0 Å². The van der Waals surface area contributed by atoms with Crippen LogP contribution in [0.25, 0.3) is 0 Å². The van der Waals surface area contributed by atoms with Crippen molar-refractivity contribution in [2.75, 3.05) is 43.4 Å². The molecule has 1 heterocycles. The minimum atomic E-state index is -3.84. The molecular weight excluding hydrogens is 448 g/mol. The third-order valence-electron chi connectivity index (χ3n) is 5.45. The fourth-order valence-electron chi connectivity index (χ4n) is 3.63. The molecule has 33 heavy (non-hydrogen) atoms. The topological polar surface area (TPSA) is 122 Å². The summed E-state index contributed by atoms with van der Waals surface area (Å²) in [5.41, 5.74) is 2.12. The summed E-state index contributed by atoms with van der Waals surface area (Å²) in [7, 11) is -3.84. The summed E-state index contributed by atoms with van der Waals surface area (Å²) in [6.45, 7) is 5.34. The highest BCUT2D eigenvalue weighted by molar-refractivity contribution is 7.92. The van der Waals surface area contributed by atoms with Gasteiger partial charge in [0, 0.05) is 32.2 Å². The lowest BCUT2D eigenvalue weighted by atomic mass is 10.1. The van der Waals surface area contributed by atoms with Gasteiger partial charge in [0.2, 0.25) is 15.9 Å². The van der Waals surface area contributed by atoms with E-state index in [-0.39, 0.29) is 23.5 Å². The monoisotopic (exact) mass is 476 g/mol. The van der Waals surface area contributed by atoms with Crippen LogP contribution in [0.2, 0.25) is 0 Å². The van der Waals surface area contributed by atoms with Crippen LogP contribution in [0.3, 0.4) is 0 Å². The molecule has 10 nitrogen and oxygen atoms in total. The Hall–Kier alpha value is -3.02. The maximum absolute atomic E-state index is 12.5. The van der Waals surface area contributed by atoms with Crippen LogP contribution in [0.1, 0.15) is 16.7 Å². The highest BCUT2D eigenvalue weighted by atomic mass is 32.2. The summed E-state index contributed by atoms with van der Waals surface area (Å²) < 4.78 is 30.9. The molecule has 0 unspecified atom stereocenters. The first-order chi connectivity index (χ1) is 15.6. The number of anilines is 1. The number of benzene rings is 2. The maximum Gasteiger partial charge on any atom is 0.274 e. The van der Waals surface area contributed by atoms with Crippen molar-refractivity contribution in [3.63, 3.8) is 0 Å². The standard InChI is InChI=1S/C22H28N4O6S/c1-17-20(4-3-5-21(17)26(28)29)25(33(2,30)31)16-22(27)23-14-18-6-8-19(9-7-18)15-24-10-12-32-13-11-24/h3-9H,10-16H2,1-2H3,(H,23,27). The van der Waals surface area contributed by atoms with Gasteiger partial charge in [0.25, 0.3) is 5.69 Å². The van der Waals surface area contributed by atoms with Gasteiger partial charge in [0.05, 0.1) is 35.6 Å². The van der Waals surface area contributed by atoms with Gasteiger partial charge < -0.3 is 10.1 Å². The molecule has 2 aromatic carbocycles. The summed E-state index contributed by atoms with van der Waals surface area (Å²) in [5, 5.41) is 13.9. The van der Waals surface area contributed by atoms with E-state index >= 15 is 0 Å². The highest BCUT2D eigenvalue weighted by Gasteiger charge is 2.25. The Kier molecular flexibility index (Phi) is 8.01. The van der Waals surface area contributed by atoms with E-state index in [1.54, 1.807) is 0 Å². The van der Waals surface area contributed by atoms with E-state index in [1.165, 1.54) is 25.1 Å². The largest absolute Gasteiger partial charge is 0.379 e. The lowest BCUT2D eigenvalue weighted by Crippen LogP contribution is -2.40. The third kappa shape index (κ3) is 6.73. The van der Waals surface area contributed by atoms with Crippen molar-refractivity contribution < 1.29 is 22.9 Å². The molecule has 0 radical (unpaired) electrons. The van der Waals surface area contributed by atoms with Gasteiger partial charge in [-0.15, -0.1) is 0 Å². The second-order valence-corrected chi connectivity index (χ2v) is 9.84. The van der Waals surface area contributed by atoms with Crippen molar-refractivity contribution in [1.29, 1.82) is 0 Å². The fraction of sp³-hybridized carbons (Fsp3) is 0.409. The van der Waals surface area contributed by atoms with Crippen LogP contribution in [0.5, 0.6) is 0 Å². The Morgan fingerprint density at radius 3 is 2.39 bits per heavy atom. The van der Waals surface area contributed by atoms with Crippen molar-refractivity contribution >= 4 is 27.3 Å². The summed E-state index contributed by atoms with van der Waals surface area (Å²) in [6, 6.07) is 12.0. The van der Waals surface area contributed by atoms with Gasteiger partial charge in [-0.25, -0.2) is 8.42 Å². The summed E-state index contributed by atoms with van der Waals surface area (Å²) in [4.78, 5) is 25.5. The molecule has 1 amide bonds. The van der Waals surface area contributed by atoms with E-state index in [4.69, 9.17) is 4.74 Å². The van der Waals surface area contributed by atoms with Crippen LogP contribution in [0.15, 0.2) is 42.5 Å². The van der Waals surface area contributed by atoms with Gasteiger partial charge >= 0.3 is 0 Å². The first-order valence-electron chi connectivity index (χ1n) is 10.5. The van der Waals surface area contributed by atoms with Crippen molar-refractivity contribution in [3.05, 3.63) is 69.3 Å². The van der Waals surface area contributed by atoms with Crippen LogP contribution in [0.4, 0.5) is 11.4 Å². The molecule has 3 rings (SSSR count). The molecule has 1 N–H and O–H groups in total. The zero-order valence-corrected chi connectivity index (χ0v) is 19.5. The quantitative estimate of drug-likeness (QED) is 0.433. The number of nitro benzene ring substituents is 1. The average molecular weight is 477 g/mol. The van der Waals surface area contributed by atoms with Crippen LogP contribution in [0, 0.1) is 17.0 Å². The molecule has 1 fully saturated rings. The lowest BCUT2D eigenvalue weighted by Gasteiger charge is -2.26. The first-order valence-corrected chi connectivity index (χ1v) is 12.4. The predicted molar refractivity (Wildman–Crippen MR) is 124 cm³/mol. The molecule has 0 bridgehead atoms. The molecule has 1 aliphatic rings. The number of sulfonamides is 1. The first kappa shape index (κ1) is 24.6. The van der Waals surface area contributed by atoms with Crippen molar-refractivity contribution in [2.45, 2.75) is 20.0 Å². The summed E-state index contributed by atoms with van der Waals surface area (Å²) >= 11 is 0. The molecule has 0 aliphatic carbocycles. The molecule has 0 atom stereocenters. The van der Waals surface area contributed by atoms with Gasteiger partial charge in [-0.1, -0.05) is 30.3 Å². The second-order valence-electron chi connectivity index (χ2n) is 7.93. The Morgan fingerprint density at radius 1 is 1.15 bits per heavy atom. The maximum atomic E-state index is 12.5. The average Bonchev–Trinajstić information content (AvgIpc) is 2.77. The smallest absolute Gasteiger partial charge is 0.274 e. The van der Waals surface area contributed by atoms with E-state index in [9.17, 15) is 23.3 Å². The Labute approximate surface area is 193 Å². The number of morpholine rings is 1. The van der Waals surface area contributed by atoms with E-state index in [0.29, 0.717) is 0 Å². The highest BCUT2D eigenvalue weighted by Crippen LogP contribution is 2.29. The molecule has 2 aromatic rings. The Morgan fingerprint density at radius 2 is 1.79 bits per heavy atom. The van der Waals surface area contributed by atoms with E-state index in [0.717, 1.165) is 54.5 Å². The van der Waals surface area contributed by atoms with Gasteiger partial charge in [0.1, 0.15) is 6.54 Å². The number of rotatable bonds is 9. The van der Waals surface area contributed by atoms with E-state index < -0.39 is 27.4 Å². The van der Waals surface area contributed by atoms with E-state index in [2.05, 4.69) is 10.2 Å². The van der Waals surface area contributed by atoms with Crippen molar-refractivity contribution in [2.24, 2.45) is 0 Å². The number of carbonyl (C=O) groups is 1. The zero-order valence-electron chi connectivity index (χ0n) is 18.7. The number of ether oxygens (including phenoxy) is 1. The van der Waals surface area contributed by atoms with Gasteiger partial charge in [-0.3, -0.25) is 24.1 Å². The molecule has 1 aliphatic heterocycles. The number of nitrogens with zero attached hydrogens (tertiary/aromatic N) is 3. The van der Waals surface area contributed by atoms with Crippen LogP contribution >= 0.6 is 0 Å². The van der Waals surface area contributed by atoms with Gasteiger partial charge in [-0.2, -0.15) is 0 Å². The molecule has 11 heteroatoms. The van der Waals surface area contributed by atoms with E-state index in [1.807, 2.05) is 24.3 Å².